The van der Waals surface area contributed by atoms with Crippen molar-refractivity contribution in [2.24, 2.45) is 0 Å². The minimum absolute atomic E-state index is 0.00555. The first-order valence-corrected chi connectivity index (χ1v) is 8.30. The van der Waals surface area contributed by atoms with Crippen LogP contribution in [0.4, 0.5) is 23.4 Å². The summed E-state index contributed by atoms with van der Waals surface area (Å²) in [4.78, 5) is 19.8. The zero-order valence-electron chi connectivity index (χ0n) is 14.2. The second kappa shape index (κ2) is 7.81. The van der Waals surface area contributed by atoms with Gasteiger partial charge in [-0.25, -0.2) is 9.37 Å². The lowest BCUT2D eigenvalue weighted by atomic mass is 10.1. The van der Waals surface area contributed by atoms with Crippen LogP contribution < -0.4 is 9.64 Å². The summed E-state index contributed by atoms with van der Waals surface area (Å²) >= 11 is 0. The van der Waals surface area contributed by atoms with Crippen LogP contribution >= 0.6 is 0 Å². The number of ether oxygens (including phenoxy) is 1. The van der Waals surface area contributed by atoms with Crippen molar-refractivity contribution in [3.63, 3.8) is 0 Å². The SMILES string of the molecule is O=C(Cc1ccccc1F)N1CCN(c2ccc(OC(F)(F)F)cn2)CC1. The summed E-state index contributed by atoms with van der Waals surface area (Å²) in [6, 6.07) is 8.79. The van der Waals surface area contributed by atoms with Crippen LogP contribution in [-0.4, -0.2) is 48.3 Å². The van der Waals surface area contributed by atoms with E-state index in [-0.39, 0.29) is 18.1 Å². The van der Waals surface area contributed by atoms with Gasteiger partial charge in [-0.1, -0.05) is 18.2 Å². The summed E-state index contributed by atoms with van der Waals surface area (Å²) in [5, 5.41) is 0. The Balaban J connectivity index is 1.54. The van der Waals surface area contributed by atoms with E-state index in [4.69, 9.17) is 0 Å². The van der Waals surface area contributed by atoms with Crippen LogP contribution in [0.2, 0.25) is 0 Å². The highest BCUT2D eigenvalue weighted by Gasteiger charge is 2.31. The molecule has 5 nitrogen and oxygen atoms in total. The average Bonchev–Trinajstić information content (AvgIpc) is 2.63. The van der Waals surface area contributed by atoms with Gasteiger partial charge in [0, 0.05) is 26.2 Å². The van der Waals surface area contributed by atoms with Crippen LogP contribution in [0, 0.1) is 5.82 Å². The molecule has 1 fully saturated rings. The Morgan fingerprint density at radius 2 is 1.78 bits per heavy atom. The lowest BCUT2D eigenvalue weighted by Crippen LogP contribution is -2.49. The Labute approximate surface area is 153 Å². The van der Waals surface area contributed by atoms with Gasteiger partial charge in [0.25, 0.3) is 0 Å². The van der Waals surface area contributed by atoms with Crippen LogP contribution in [0.5, 0.6) is 5.75 Å². The number of benzene rings is 1. The number of pyridine rings is 1. The lowest BCUT2D eigenvalue weighted by Gasteiger charge is -2.35. The highest BCUT2D eigenvalue weighted by atomic mass is 19.4. The number of alkyl halides is 3. The number of anilines is 1. The van der Waals surface area contributed by atoms with Gasteiger partial charge in [-0.2, -0.15) is 0 Å². The van der Waals surface area contributed by atoms with Crippen molar-refractivity contribution in [1.29, 1.82) is 0 Å². The minimum Gasteiger partial charge on any atom is -0.404 e. The first-order chi connectivity index (χ1) is 12.8. The largest absolute Gasteiger partial charge is 0.573 e. The van der Waals surface area contributed by atoms with Crippen molar-refractivity contribution in [3.05, 3.63) is 54.0 Å². The summed E-state index contributed by atoms with van der Waals surface area (Å²) in [7, 11) is 0. The molecule has 2 aromatic rings. The smallest absolute Gasteiger partial charge is 0.404 e. The van der Waals surface area contributed by atoms with E-state index < -0.39 is 12.2 Å². The fraction of sp³-hybridized carbons (Fsp3) is 0.333. The molecule has 0 unspecified atom stereocenters. The Morgan fingerprint density at radius 1 is 1.07 bits per heavy atom. The van der Waals surface area contributed by atoms with Gasteiger partial charge in [-0.3, -0.25) is 4.79 Å². The number of hydrogen-bond acceptors (Lipinski definition) is 4. The second-order valence-electron chi connectivity index (χ2n) is 6.04. The maximum atomic E-state index is 13.7. The summed E-state index contributed by atoms with van der Waals surface area (Å²) in [6.07, 6.45) is -3.75. The van der Waals surface area contributed by atoms with Crippen molar-refractivity contribution >= 4 is 11.7 Å². The van der Waals surface area contributed by atoms with E-state index in [1.807, 2.05) is 4.90 Å². The molecule has 1 aliphatic heterocycles. The van der Waals surface area contributed by atoms with E-state index in [9.17, 15) is 22.4 Å². The molecule has 0 aliphatic carbocycles. The molecule has 2 heterocycles. The van der Waals surface area contributed by atoms with Gasteiger partial charge in [0.1, 0.15) is 17.4 Å². The first-order valence-electron chi connectivity index (χ1n) is 8.30. The number of rotatable bonds is 4. The molecule has 0 atom stereocenters. The molecule has 1 aliphatic rings. The molecule has 1 aromatic carbocycles. The van der Waals surface area contributed by atoms with Crippen molar-refractivity contribution in [3.8, 4) is 5.75 Å². The van der Waals surface area contributed by atoms with E-state index >= 15 is 0 Å². The molecule has 3 rings (SSSR count). The number of nitrogens with zero attached hydrogens (tertiary/aromatic N) is 3. The lowest BCUT2D eigenvalue weighted by molar-refractivity contribution is -0.274. The van der Waals surface area contributed by atoms with E-state index in [2.05, 4.69) is 9.72 Å². The number of aromatic nitrogens is 1. The van der Waals surface area contributed by atoms with Crippen molar-refractivity contribution in [2.45, 2.75) is 12.8 Å². The molecule has 0 bridgehead atoms. The quantitative estimate of drug-likeness (QED) is 0.762. The van der Waals surface area contributed by atoms with E-state index in [1.165, 1.54) is 18.2 Å². The highest BCUT2D eigenvalue weighted by Crippen LogP contribution is 2.24. The topological polar surface area (TPSA) is 45.7 Å². The standard InChI is InChI=1S/C18H17F4N3O2/c19-15-4-2-1-3-13(15)11-17(26)25-9-7-24(8-10-25)16-6-5-14(12-23-16)27-18(20,21)22/h1-6,12H,7-11H2. The molecule has 1 amide bonds. The predicted octanol–water partition coefficient (Wildman–Crippen LogP) is 3.01. The fourth-order valence-electron chi connectivity index (χ4n) is 2.85. The number of amides is 1. The molecule has 0 saturated carbocycles. The third-order valence-corrected chi connectivity index (χ3v) is 4.21. The maximum Gasteiger partial charge on any atom is 0.573 e. The zero-order chi connectivity index (χ0) is 19.4. The average molecular weight is 383 g/mol. The number of halogens is 4. The van der Waals surface area contributed by atoms with Gasteiger partial charge in [0.05, 0.1) is 12.6 Å². The molecule has 0 radical (unpaired) electrons. The molecule has 9 heteroatoms. The van der Waals surface area contributed by atoms with Gasteiger partial charge in [-0.05, 0) is 23.8 Å². The zero-order valence-corrected chi connectivity index (χ0v) is 14.2. The molecule has 27 heavy (non-hydrogen) atoms. The molecule has 0 spiro atoms. The molecule has 0 N–H and O–H groups in total. The Morgan fingerprint density at radius 3 is 2.37 bits per heavy atom. The highest BCUT2D eigenvalue weighted by molar-refractivity contribution is 5.79. The van der Waals surface area contributed by atoms with Crippen LogP contribution in [0.25, 0.3) is 0 Å². The molecular weight excluding hydrogens is 366 g/mol. The number of piperazine rings is 1. The van der Waals surface area contributed by atoms with E-state index in [0.717, 1.165) is 6.20 Å². The van der Waals surface area contributed by atoms with Crippen molar-refractivity contribution < 1.29 is 27.1 Å². The van der Waals surface area contributed by atoms with Gasteiger partial charge in [-0.15, -0.1) is 13.2 Å². The van der Waals surface area contributed by atoms with E-state index in [1.54, 1.807) is 23.1 Å². The maximum absolute atomic E-state index is 13.7. The number of carbonyl (C=O) groups is 1. The molecule has 144 valence electrons. The summed E-state index contributed by atoms with van der Waals surface area (Å²) in [5.74, 6) is -0.452. The first kappa shape index (κ1) is 18.9. The third-order valence-electron chi connectivity index (χ3n) is 4.21. The van der Waals surface area contributed by atoms with Crippen LogP contribution in [0.1, 0.15) is 5.56 Å². The summed E-state index contributed by atoms with van der Waals surface area (Å²) in [5.41, 5.74) is 0.354. The molecule has 1 aromatic heterocycles. The Hall–Kier alpha value is -2.84. The Bertz CT molecular complexity index is 788. The normalized spacial score (nSPS) is 15.0. The monoisotopic (exact) mass is 383 g/mol. The fourth-order valence-corrected chi connectivity index (χ4v) is 2.85. The van der Waals surface area contributed by atoms with Crippen molar-refractivity contribution in [1.82, 2.24) is 9.88 Å². The van der Waals surface area contributed by atoms with Crippen LogP contribution in [-0.2, 0) is 11.2 Å². The van der Waals surface area contributed by atoms with Gasteiger partial charge >= 0.3 is 6.36 Å². The van der Waals surface area contributed by atoms with Crippen LogP contribution in [0.15, 0.2) is 42.6 Å². The third kappa shape index (κ3) is 5.08. The predicted molar refractivity (Wildman–Crippen MR) is 89.8 cm³/mol. The van der Waals surface area contributed by atoms with Gasteiger partial charge in [0.15, 0.2) is 0 Å². The Kier molecular flexibility index (Phi) is 5.48. The summed E-state index contributed by atoms with van der Waals surface area (Å²) < 4.78 is 54.0. The molecule has 1 saturated heterocycles. The van der Waals surface area contributed by atoms with E-state index in [0.29, 0.717) is 37.6 Å². The minimum atomic E-state index is -4.76. The van der Waals surface area contributed by atoms with Crippen molar-refractivity contribution in [2.75, 3.05) is 31.1 Å². The van der Waals surface area contributed by atoms with Crippen LogP contribution in [0.3, 0.4) is 0 Å². The number of hydrogen-bond donors (Lipinski definition) is 0. The summed E-state index contributed by atoms with van der Waals surface area (Å²) in [6.45, 7) is 1.82. The number of carbonyl (C=O) groups excluding carboxylic acids is 1. The molecular formula is C18H17F4N3O2. The van der Waals surface area contributed by atoms with Gasteiger partial charge in [0.2, 0.25) is 5.91 Å². The van der Waals surface area contributed by atoms with Gasteiger partial charge < -0.3 is 14.5 Å². The second-order valence-corrected chi connectivity index (χ2v) is 6.04.